The summed E-state index contributed by atoms with van der Waals surface area (Å²) in [5.74, 6) is 0. The minimum atomic E-state index is 0. The average Bonchev–Trinajstić information content (AvgIpc) is 1.65. The lowest BCUT2D eigenvalue weighted by molar-refractivity contribution is 0.686. The summed E-state index contributed by atoms with van der Waals surface area (Å²) in [5.41, 5.74) is 21.5. The molecule has 431 valence electrons. The molecule has 2 aliphatic rings. The van der Waals surface area contributed by atoms with Crippen LogP contribution in [-0.4, -0.2) is 8.41 Å². The Hall–Kier alpha value is -9.93. The van der Waals surface area contributed by atoms with E-state index in [1.807, 2.05) is 78.9 Å². The van der Waals surface area contributed by atoms with E-state index in [0.717, 1.165) is 29.1 Å². The Morgan fingerprint density at radius 1 is 0.295 bits per heavy atom. The molecule has 12 rings (SSSR count). The number of anilines is 5. The third kappa shape index (κ3) is 19.6. The molecule has 3 radical (unpaired) electrons. The summed E-state index contributed by atoms with van der Waals surface area (Å²) < 4.78 is 0. The number of hydrogen-bond donors (Lipinski definition) is 1. The molecule has 0 saturated heterocycles. The SMILES string of the molecule is C(/C=C/c1ccc(Nc2cccc3c2CCCC3)cc1)=C\c1ccccc1.C(=Cc1cccc(N(c2ccc(/C=C/C=C/c3ccccc3)cc2)c2cccc3c2CCCC3)c1)/C=C/c1ccccc1.Clc1cccc(/C=C/C=C/c2ccccc2)c1.[B]. The van der Waals surface area contributed by atoms with E-state index >= 15 is 0 Å². The van der Waals surface area contributed by atoms with E-state index in [4.69, 9.17) is 11.6 Å². The van der Waals surface area contributed by atoms with Crippen molar-refractivity contribution < 1.29 is 0 Å². The largest absolute Gasteiger partial charge is 0.355 e. The molecular weight excluding hydrogens is 1080 g/mol. The molecule has 0 amide bonds. The molecule has 0 unspecified atom stereocenters. The van der Waals surface area contributed by atoms with Crippen molar-refractivity contribution in [2.75, 3.05) is 10.2 Å². The van der Waals surface area contributed by atoms with Crippen LogP contribution in [0.4, 0.5) is 28.4 Å². The maximum Gasteiger partial charge on any atom is 0.0496 e. The molecule has 1 N–H and O–H groups in total. The summed E-state index contributed by atoms with van der Waals surface area (Å²) in [5, 5.41) is 4.37. The van der Waals surface area contributed by atoms with Crippen molar-refractivity contribution in [3.05, 3.63) is 375 Å². The molecule has 0 aliphatic heterocycles. The highest BCUT2D eigenvalue weighted by atomic mass is 35.5. The molecule has 0 bridgehead atoms. The summed E-state index contributed by atoms with van der Waals surface area (Å²) in [6.45, 7) is 0. The first-order chi connectivity index (χ1) is 43.1. The zero-order valence-corrected chi connectivity index (χ0v) is 50.8. The molecule has 2 aliphatic carbocycles. The highest BCUT2D eigenvalue weighted by Crippen LogP contribution is 2.40. The van der Waals surface area contributed by atoms with E-state index in [1.165, 1.54) is 122 Å². The van der Waals surface area contributed by atoms with Gasteiger partial charge in [-0.1, -0.05) is 303 Å². The fourth-order valence-corrected chi connectivity index (χ4v) is 11.0. The second-order valence-electron chi connectivity index (χ2n) is 21.6. The number of allylic oxidation sites excluding steroid dienone is 8. The number of benzene rings is 10. The number of halogens is 1. The monoisotopic (exact) mass is 1160 g/mol. The Kier molecular flexibility index (Phi) is 24.4. The zero-order chi connectivity index (χ0) is 59.3. The van der Waals surface area contributed by atoms with E-state index in [9.17, 15) is 0 Å². The highest BCUT2D eigenvalue weighted by Gasteiger charge is 2.20. The van der Waals surface area contributed by atoms with E-state index in [1.54, 1.807) is 0 Å². The molecule has 0 spiro atoms. The van der Waals surface area contributed by atoms with Gasteiger partial charge in [-0.05, 0) is 179 Å². The summed E-state index contributed by atoms with van der Waals surface area (Å²) in [7, 11) is 0. The molecule has 2 nitrogen and oxygen atoms in total. The lowest BCUT2D eigenvalue weighted by Crippen LogP contribution is -2.15. The van der Waals surface area contributed by atoms with Gasteiger partial charge in [0, 0.05) is 41.9 Å². The van der Waals surface area contributed by atoms with Gasteiger partial charge in [-0.15, -0.1) is 0 Å². The van der Waals surface area contributed by atoms with E-state index in [-0.39, 0.29) is 8.41 Å². The number of nitrogens with zero attached hydrogens (tertiary/aromatic N) is 1. The van der Waals surface area contributed by atoms with Crippen LogP contribution in [0, 0.1) is 0 Å². The second kappa shape index (κ2) is 34.3. The van der Waals surface area contributed by atoms with Gasteiger partial charge in [0.1, 0.15) is 0 Å². The van der Waals surface area contributed by atoms with Crippen molar-refractivity contribution in [2.24, 2.45) is 0 Å². The molecule has 0 aromatic heterocycles. The fourth-order valence-electron chi connectivity index (χ4n) is 10.8. The van der Waals surface area contributed by atoms with Crippen LogP contribution in [0.15, 0.2) is 303 Å². The van der Waals surface area contributed by atoms with Gasteiger partial charge in [0.2, 0.25) is 0 Å². The normalized spacial score (nSPS) is 12.9. The molecule has 10 aromatic rings. The summed E-state index contributed by atoms with van der Waals surface area (Å²) in [4.78, 5) is 2.43. The van der Waals surface area contributed by atoms with E-state index < -0.39 is 0 Å². The average molecular weight is 1160 g/mol. The third-order valence-electron chi connectivity index (χ3n) is 15.3. The van der Waals surface area contributed by atoms with Gasteiger partial charge >= 0.3 is 0 Å². The minimum Gasteiger partial charge on any atom is -0.355 e. The second-order valence-corrected chi connectivity index (χ2v) is 22.0. The van der Waals surface area contributed by atoms with Crippen molar-refractivity contribution in [3.8, 4) is 0 Å². The van der Waals surface area contributed by atoms with Crippen molar-refractivity contribution in [1.82, 2.24) is 0 Å². The number of hydrogen-bond acceptors (Lipinski definition) is 2. The lowest BCUT2D eigenvalue weighted by atomic mass is 9.89. The summed E-state index contributed by atoms with van der Waals surface area (Å²) >= 11 is 5.90. The van der Waals surface area contributed by atoms with Gasteiger partial charge in [0.25, 0.3) is 0 Å². The molecule has 0 heterocycles. The van der Waals surface area contributed by atoms with Gasteiger partial charge in [-0.2, -0.15) is 0 Å². The first-order valence-electron chi connectivity index (χ1n) is 30.5. The molecule has 10 aromatic carbocycles. The van der Waals surface area contributed by atoms with Gasteiger partial charge in [-0.25, -0.2) is 0 Å². The zero-order valence-electron chi connectivity index (χ0n) is 50.0. The Balaban J connectivity index is 0.000000174. The maximum absolute atomic E-state index is 5.90. The number of nitrogens with one attached hydrogen (secondary N) is 1. The van der Waals surface area contributed by atoms with Crippen LogP contribution >= 0.6 is 11.6 Å². The van der Waals surface area contributed by atoms with Crippen LogP contribution in [0.1, 0.15) is 92.4 Å². The number of aryl methyl sites for hydroxylation is 2. The standard InChI is InChI=1S/C42H37N.C26H25N.C16H13Cl.B/c1-3-15-34(16-4-1)19-7-8-21-36-29-31-39(32-30-36)43(42-28-14-25-38-24-11-12-27-41(38)42)40-26-13-23-37(33-40)22-10-9-20-35-17-5-2-6-18-35;1-2-9-21(10-3-1)11-4-5-12-22-17-19-24(20-18-22)27-26-16-8-14-23-13-6-7-15-25(23)26;17-16-12-6-11-15(13-16)10-5-4-9-14-7-2-1-3-8-14;/h1-10,13-23,25-26,28-33H,11-12,24,27H2;1-5,8-12,14,16-20,27H,6-7,13,15H2;1-13H;/b19-7+,20-9+,21-8+,22-10?;11-4+,12-5+;9-4+,10-5+;. The van der Waals surface area contributed by atoms with Crippen LogP contribution in [0.2, 0.25) is 5.02 Å². The molecule has 0 saturated carbocycles. The molecule has 4 heteroatoms. The van der Waals surface area contributed by atoms with Gasteiger partial charge < -0.3 is 10.2 Å². The van der Waals surface area contributed by atoms with Crippen LogP contribution in [-0.2, 0) is 25.7 Å². The number of rotatable bonds is 17. The minimum absolute atomic E-state index is 0. The molecule has 88 heavy (non-hydrogen) atoms. The van der Waals surface area contributed by atoms with E-state index in [0.29, 0.717) is 0 Å². The summed E-state index contributed by atoms with van der Waals surface area (Å²) in [6, 6.07) is 89.0. The topological polar surface area (TPSA) is 15.3 Å². The first kappa shape index (κ1) is 62.6. The van der Waals surface area contributed by atoms with Crippen LogP contribution in [0.5, 0.6) is 0 Å². The molecular formula is C84H75BClN2. The third-order valence-corrected chi connectivity index (χ3v) is 15.5. The fraction of sp³-hybridized carbons (Fsp3) is 0.0952. The highest BCUT2D eigenvalue weighted by molar-refractivity contribution is 6.30. The van der Waals surface area contributed by atoms with Crippen molar-refractivity contribution >= 4 is 97.1 Å². The van der Waals surface area contributed by atoms with Crippen LogP contribution in [0.3, 0.4) is 0 Å². The van der Waals surface area contributed by atoms with Crippen molar-refractivity contribution in [2.45, 2.75) is 51.4 Å². The Bertz CT molecular complexity index is 3990. The van der Waals surface area contributed by atoms with Crippen molar-refractivity contribution in [1.29, 1.82) is 0 Å². The molecule has 0 fully saturated rings. The predicted molar refractivity (Wildman–Crippen MR) is 386 cm³/mol. The maximum atomic E-state index is 5.90. The Morgan fingerprint density at radius 3 is 1.14 bits per heavy atom. The van der Waals surface area contributed by atoms with Gasteiger partial charge in [0.05, 0.1) is 0 Å². The van der Waals surface area contributed by atoms with E-state index in [2.05, 4.69) is 283 Å². The van der Waals surface area contributed by atoms with Crippen LogP contribution in [0.25, 0.3) is 48.6 Å². The lowest BCUT2D eigenvalue weighted by Gasteiger charge is -2.30. The Morgan fingerprint density at radius 2 is 0.659 bits per heavy atom. The first-order valence-corrected chi connectivity index (χ1v) is 30.9. The Labute approximate surface area is 530 Å². The smallest absolute Gasteiger partial charge is 0.0496 e. The summed E-state index contributed by atoms with van der Waals surface area (Å²) in [6.07, 6.45) is 43.4. The van der Waals surface area contributed by atoms with Crippen molar-refractivity contribution in [3.63, 3.8) is 0 Å². The van der Waals surface area contributed by atoms with Gasteiger partial charge in [-0.3, -0.25) is 0 Å². The number of fused-ring (bicyclic) bond motifs is 2. The molecule has 0 atom stereocenters. The van der Waals surface area contributed by atoms with Crippen LogP contribution < -0.4 is 10.2 Å². The quantitative estimate of drug-likeness (QED) is 0.0722. The van der Waals surface area contributed by atoms with Gasteiger partial charge in [0.15, 0.2) is 0 Å². The predicted octanol–water partition coefficient (Wildman–Crippen LogP) is 23.2.